The highest BCUT2D eigenvalue weighted by Gasteiger charge is 2.58. The predicted octanol–water partition coefficient (Wildman–Crippen LogP) is 2.70. The molecule has 7 heteroatoms. The number of piperidine rings is 1. The van der Waals surface area contributed by atoms with Crippen LogP contribution in [0, 0.1) is 10.8 Å². The van der Waals surface area contributed by atoms with E-state index in [2.05, 4.69) is 29.1 Å². The molecule has 2 saturated heterocycles. The summed E-state index contributed by atoms with van der Waals surface area (Å²) in [4.78, 5) is 28.6. The molecule has 3 amide bonds. The first kappa shape index (κ1) is 18.7. The van der Waals surface area contributed by atoms with Crippen molar-refractivity contribution in [3.05, 3.63) is 22.4 Å². The minimum absolute atomic E-state index is 0.0388. The van der Waals surface area contributed by atoms with Gasteiger partial charge in [-0.3, -0.25) is 4.79 Å². The van der Waals surface area contributed by atoms with Gasteiger partial charge in [-0.1, -0.05) is 6.92 Å². The summed E-state index contributed by atoms with van der Waals surface area (Å²) in [5.74, 6) is 0.152. The molecule has 3 aliphatic rings. The van der Waals surface area contributed by atoms with E-state index in [9.17, 15) is 9.59 Å². The number of hydrogen-bond acceptors (Lipinski definition) is 4. The lowest BCUT2D eigenvalue weighted by Crippen LogP contribution is -2.52. The summed E-state index contributed by atoms with van der Waals surface area (Å²) in [7, 11) is 0. The van der Waals surface area contributed by atoms with E-state index in [-0.39, 0.29) is 22.8 Å². The van der Waals surface area contributed by atoms with Crippen molar-refractivity contribution < 1.29 is 14.3 Å². The fraction of sp³-hybridized carbons (Fsp3) is 0.700. The third kappa shape index (κ3) is 3.85. The van der Waals surface area contributed by atoms with E-state index in [0.717, 1.165) is 45.6 Å². The molecule has 2 aliphatic heterocycles. The average molecular weight is 392 g/mol. The van der Waals surface area contributed by atoms with Crippen molar-refractivity contribution in [2.24, 2.45) is 10.8 Å². The SMILES string of the molecule is CC(=O)N(Cc1ccsc1)[C@@H]1CC12CCN(C(=O)NCC1(C)COC1)CC2. The summed E-state index contributed by atoms with van der Waals surface area (Å²) in [6.07, 6.45) is 3.04. The van der Waals surface area contributed by atoms with Crippen molar-refractivity contribution in [3.8, 4) is 0 Å². The summed E-state index contributed by atoms with van der Waals surface area (Å²) in [6.45, 7) is 8.20. The molecule has 3 fully saturated rings. The van der Waals surface area contributed by atoms with Crippen molar-refractivity contribution in [1.82, 2.24) is 15.1 Å². The van der Waals surface area contributed by atoms with Crippen molar-refractivity contribution in [2.45, 2.75) is 45.7 Å². The van der Waals surface area contributed by atoms with Crippen LogP contribution in [0.3, 0.4) is 0 Å². The van der Waals surface area contributed by atoms with E-state index < -0.39 is 0 Å². The van der Waals surface area contributed by atoms with Gasteiger partial charge in [-0.2, -0.15) is 11.3 Å². The van der Waals surface area contributed by atoms with Crippen LogP contribution in [0.5, 0.6) is 0 Å². The number of urea groups is 1. The zero-order valence-electron chi connectivity index (χ0n) is 16.2. The molecule has 6 nitrogen and oxygen atoms in total. The van der Waals surface area contributed by atoms with Crippen LogP contribution in [-0.2, 0) is 16.1 Å². The fourth-order valence-corrected chi connectivity index (χ4v) is 5.09. The Hall–Kier alpha value is -1.60. The summed E-state index contributed by atoms with van der Waals surface area (Å²) in [5.41, 5.74) is 1.52. The van der Waals surface area contributed by atoms with Gasteiger partial charge in [0.25, 0.3) is 0 Å². The molecule has 0 radical (unpaired) electrons. The second-order valence-electron chi connectivity index (χ2n) is 8.81. The third-order valence-electron chi connectivity index (χ3n) is 6.47. The van der Waals surface area contributed by atoms with Crippen LogP contribution in [-0.4, -0.2) is 60.6 Å². The lowest BCUT2D eigenvalue weighted by atomic mass is 9.89. The normalized spacial score (nSPS) is 25.0. The van der Waals surface area contributed by atoms with Crippen LogP contribution >= 0.6 is 11.3 Å². The highest BCUT2D eigenvalue weighted by Crippen LogP contribution is 2.57. The highest BCUT2D eigenvalue weighted by molar-refractivity contribution is 7.07. The lowest BCUT2D eigenvalue weighted by Gasteiger charge is -2.39. The number of hydrogen-bond donors (Lipinski definition) is 1. The molecule has 1 atom stereocenters. The zero-order chi connectivity index (χ0) is 19.1. The molecule has 4 rings (SSSR count). The third-order valence-corrected chi connectivity index (χ3v) is 7.21. The monoisotopic (exact) mass is 391 g/mol. The van der Waals surface area contributed by atoms with Crippen LogP contribution in [0.25, 0.3) is 0 Å². The summed E-state index contributed by atoms with van der Waals surface area (Å²) < 4.78 is 5.25. The smallest absolute Gasteiger partial charge is 0.317 e. The Kier molecular flexibility index (Phi) is 4.93. The van der Waals surface area contributed by atoms with E-state index >= 15 is 0 Å². The van der Waals surface area contributed by atoms with Gasteiger partial charge in [-0.15, -0.1) is 0 Å². The van der Waals surface area contributed by atoms with E-state index in [1.165, 1.54) is 5.56 Å². The molecule has 1 aliphatic carbocycles. The summed E-state index contributed by atoms with van der Waals surface area (Å²) in [5, 5.41) is 7.24. The first-order valence-electron chi connectivity index (χ1n) is 9.80. The highest BCUT2D eigenvalue weighted by atomic mass is 32.1. The molecule has 0 bridgehead atoms. The largest absolute Gasteiger partial charge is 0.380 e. The van der Waals surface area contributed by atoms with Gasteiger partial charge in [0, 0.05) is 44.6 Å². The number of carbonyl (C=O) groups excluding carboxylic acids is 2. The van der Waals surface area contributed by atoms with Crippen LogP contribution in [0.2, 0.25) is 0 Å². The Bertz CT molecular complexity index is 693. The van der Waals surface area contributed by atoms with E-state index in [4.69, 9.17) is 4.74 Å². The summed E-state index contributed by atoms with van der Waals surface area (Å²) >= 11 is 1.67. The number of ether oxygens (including phenoxy) is 1. The van der Waals surface area contributed by atoms with Crippen LogP contribution in [0.15, 0.2) is 16.8 Å². The van der Waals surface area contributed by atoms with Crippen molar-refractivity contribution in [1.29, 1.82) is 0 Å². The second kappa shape index (κ2) is 7.09. The molecular formula is C20H29N3O3S. The Morgan fingerprint density at radius 2 is 2.11 bits per heavy atom. The molecule has 27 heavy (non-hydrogen) atoms. The minimum Gasteiger partial charge on any atom is -0.380 e. The van der Waals surface area contributed by atoms with E-state index in [1.54, 1.807) is 18.3 Å². The maximum atomic E-state index is 12.5. The average Bonchev–Trinajstić information content (AvgIpc) is 3.05. The van der Waals surface area contributed by atoms with Gasteiger partial charge >= 0.3 is 6.03 Å². The Balaban J connectivity index is 1.28. The first-order chi connectivity index (χ1) is 12.9. The van der Waals surface area contributed by atoms with Gasteiger partial charge in [0.15, 0.2) is 0 Å². The molecule has 0 unspecified atom stereocenters. The van der Waals surface area contributed by atoms with Crippen LogP contribution in [0.4, 0.5) is 4.79 Å². The number of rotatable bonds is 5. The second-order valence-corrected chi connectivity index (χ2v) is 9.59. The van der Waals surface area contributed by atoms with Gasteiger partial charge in [0.1, 0.15) is 0 Å². The molecule has 3 heterocycles. The quantitative estimate of drug-likeness (QED) is 0.839. The van der Waals surface area contributed by atoms with Gasteiger partial charge in [0.2, 0.25) is 5.91 Å². The molecule has 1 N–H and O–H groups in total. The Morgan fingerprint density at radius 3 is 2.67 bits per heavy atom. The minimum atomic E-state index is 0.0388. The maximum absolute atomic E-state index is 12.5. The molecule has 0 aromatic carbocycles. The Morgan fingerprint density at radius 1 is 1.37 bits per heavy atom. The standard InChI is InChI=1S/C20H29N3O3S/c1-15(24)23(10-16-3-8-27-11-16)17-9-20(17)4-6-22(7-5-20)18(25)21-12-19(2)13-26-14-19/h3,8,11,17H,4-7,9-10,12-14H2,1-2H3,(H,21,25)/t17-/m1/s1. The topological polar surface area (TPSA) is 61.9 Å². The zero-order valence-corrected chi connectivity index (χ0v) is 17.0. The molecule has 1 saturated carbocycles. The number of nitrogens with one attached hydrogen (secondary N) is 1. The molecule has 1 aromatic heterocycles. The van der Waals surface area contributed by atoms with Crippen molar-refractivity contribution in [2.75, 3.05) is 32.8 Å². The maximum Gasteiger partial charge on any atom is 0.317 e. The van der Waals surface area contributed by atoms with Gasteiger partial charge < -0.3 is 19.9 Å². The van der Waals surface area contributed by atoms with E-state index in [1.807, 2.05) is 9.80 Å². The number of likely N-dealkylation sites (tertiary alicyclic amines) is 1. The number of carbonyl (C=O) groups is 2. The molecule has 148 valence electrons. The van der Waals surface area contributed by atoms with E-state index in [0.29, 0.717) is 19.1 Å². The number of nitrogens with zero attached hydrogens (tertiary/aromatic N) is 2. The molecule has 1 spiro atoms. The van der Waals surface area contributed by atoms with Crippen molar-refractivity contribution >= 4 is 23.3 Å². The van der Waals surface area contributed by atoms with Gasteiger partial charge in [0.05, 0.1) is 13.2 Å². The fourth-order valence-electron chi connectivity index (χ4n) is 4.43. The first-order valence-corrected chi connectivity index (χ1v) is 10.7. The molecule has 1 aromatic rings. The van der Waals surface area contributed by atoms with Gasteiger partial charge in [-0.25, -0.2) is 4.79 Å². The molecular weight excluding hydrogens is 362 g/mol. The van der Waals surface area contributed by atoms with Crippen LogP contribution < -0.4 is 5.32 Å². The van der Waals surface area contributed by atoms with Gasteiger partial charge in [-0.05, 0) is 47.1 Å². The van der Waals surface area contributed by atoms with Crippen molar-refractivity contribution in [3.63, 3.8) is 0 Å². The predicted molar refractivity (Wildman–Crippen MR) is 105 cm³/mol. The Labute approximate surface area is 164 Å². The number of amides is 3. The number of thiophene rings is 1. The summed E-state index contributed by atoms with van der Waals surface area (Å²) in [6, 6.07) is 2.46. The van der Waals surface area contributed by atoms with Crippen LogP contribution in [0.1, 0.15) is 38.7 Å². The lowest BCUT2D eigenvalue weighted by molar-refractivity contribution is -0.130.